The maximum absolute atomic E-state index is 12.7. The number of hydrogen-bond acceptors (Lipinski definition) is 2. The quantitative estimate of drug-likeness (QED) is 0.810. The smallest absolute Gasteiger partial charge is 0.258 e. The number of alkyl halides is 2. The van der Waals surface area contributed by atoms with E-state index in [9.17, 15) is 8.78 Å². The number of benzene rings is 1. The summed E-state index contributed by atoms with van der Waals surface area (Å²) in [5, 5.41) is 0. The van der Waals surface area contributed by atoms with Crippen LogP contribution in [0, 0.1) is 0 Å². The van der Waals surface area contributed by atoms with Crippen molar-refractivity contribution in [3.05, 3.63) is 30.3 Å². The highest BCUT2D eigenvalue weighted by atomic mass is 19.3. The Hall–Kier alpha value is -1.16. The monoisotopic (exact) mass is 212 g/mol. The van der Waals surface area contributed by atoms with E-state index in [2.05, 4.69) is 0 Å². The Morgan fingerprint density at radius 2 is 1.93 bits per heavy atom. The van der Waals surface area contributed by atoms with Gasteiger partial charge in [0.05, 0.1) is 5.54 Å². The Morgan fingerprint density at radius 3 is 2.47 bits per heavy atom. The van der Waals surface area contributed by atoms with Crippen molar-refractivity contribution in [3.63, 3.8) is 0 Å². The zero-order valence-corrected chi connectivity index (χ0v) is 8.37. The number of anilines is 1. The summed E-state index contributed by atoms with van der Waals surface area (Å²) in [5.41, 5.74) is 5.26. The average Bonchev–Trinajstić information content (AvgIpc) is 2.64. The third-order valence-corrected chi connectivity index (χ3v) is 2.89. The Morgan fingerprint density at radius 1 is 1.27 bits per heavy atom. The maximum atomic E-state index is 12.7. The number of nitrogens with two attached hydrogens (primary N) is 1. The molecule has 0 aromatic heterocycles. The van der Waals surface area contributed by atoms with Gasteiger partial charge < -0.3 is 10.6 Å². The van der Waals surface area contributed by atoms with E-state index in [0.29, 0.717) is 13.0 Å². The second kappa shape index (κ2) is 3.77. The fraction of sp³-hybridized carbons (Fsp3) is 0.455. The fourth-order valence-corrected chi connectivity index (χ4v) is 1.89. The SMILES string of the molecule is NC1(C(F)F)CCN(c2ccccc2)C1. The van der Waals surface area contributed by atoms with Crippen LogP contribution in [-0.4, -0.2) is 25.1 Å². The Bertz CT molecular complexity index is 329. The molecule has 1 fully saturated rings. The minimum atomic E-state index is -2.45. The molecule has 4 heteroatoms. The van der Waals surface area contributed by atoms with Crippen LogP contribution in [0.4, 0.5) is 14.5 Å². The molecule has 1 unspecified atom stereocenters. The minimum Gasteiger partial charge on any atom is -0.369 e. The van der Waals surface area contributed by atoms with E-state index in [4.69, 9.17) is 5.73 Å². The Labute approximate surface area is 87.7 Å². The van der Waals surface area contributed by atoms with Crippen molar-refractivity contribution in [1.82, 2.24) is 0 Å². The molecule has 0 saturated carbocycles. The van der Waals surface area contributed by atoms with Gasteiger partial charge >= 0.3 is 0 Å². The Balaban J connectivity index is 2.11. The predicted octanol–water partition coefficient (Wildman–Crippen LogP) is 1.86. The van der Waals surface area contributed by atoms with Gasteiger partial charge in [-0.3, -0.25) is 0 Å². The second-order valence-corrected chi connectivity index (χ2v) is 4.04. The highest BCUT2D eigenvalue weighted by molar-refractivity contribution is 5.48. The highest BCUT2D eigenvalue weighted by Gasteiger charge is 2.42. The molecule has 0 amide bonds. The molecule has 1 aromatic carbocycles. The third kappa shape index (κ3) is 1.95. The molecule has 1 heterocycles. The van der Waals surface area contributed by atoms with Crippen LogP contribution < -0.4 is 10.6 Å². The standard InChI is InChI=1S/C11H14F2N2/c12-10(13)11(14)6-7-15(8-11)9-4-2-1-3-5-9/h1-5,10H,6-8,14H2. The van der Waals surface area contributed by atoms with Gasteiger partial charge in [-0.2, -0.15) is 0 Å². The highest BCUT2D eigenvalue weighted by Crippen LogP contribution is 2.28. The second-order valence-electron chi connectivity index (χ2n) is 4.04. The molecule has 1 aromatic rings. The first-order chi connectivity index (χ1) is 7.12. The van der Waals surface area contributed by atoms with Crippen LogP contribution in [-0.2, 0) is 0 Å². The van der Waals surface area contributed by atoms with Crippen LogP contribution in [0.5, 0.6) is 0 Å². The van der Waals surface area contributed by atoms with E-state index in [1.54, 1.807) is 0 Å². The van der Waals surface area contributed by atoms with Gasteiger partial charge in [-0.1, -0.05) is 18.2 Å². The van der Waals surface area contributed by atoms with Crippen molar-refractivity contribution >= 4 is 5.69 Å². The molecule has 0 bridgehead atoms. The van der Waals surface area contributed by atoms with Crippen molar-refractivity contribution in [3.8, 4) is 0 Å². The Kier molecular flexibility index (Phi) is 2.61. The van der Waals surface area contributed by atoms with Gasteiger partial charge in [-0.25, -0.2) is 8.78 Å². The number of hydrogen-bond donors (Lipinski definition) is 1. The van der Waals surface area contributed by atoms with Gasteiger partial charge in [0.15, 0.2) is 0 Å². The summed E-state index contributed by atoms with van der Waals surface area (Å²) < 4.78 is 25.3. The summed E-state index contributed by atoms with van der Waals surface area (Å²) >= 11 is 0. The molecule has 1 aliphatic rings. The first kappa shape index (κ1) is 10.4. The van der Waals surface area contributed by atoms with Crippen molar-refractivity contribution in [1.29, 1.82) is 0 Å². The van der Waals surface area contributed by atoms with E-state index >= 15 is 0 Å². The molecule has 82 valence electrons. The fourth-order valence-electron chi connectivity index (χ4n) is 1.89. The molecular weight excluding hydrogens is 198 g/mol. The topological polar surface area (TPSA) is 29.3 Å². The van der Waals surface area contributed by atoms with Crippen LogP contribution in [0.15, 0.2) is 30.3 Å². The first-order valence-corrected chi connectivity index (χ1v) is 4.99. The molecular formula is C11H14F2N2. The van der Waals surface area contributed by atoms with E-state index < -0.39 is 12.0 Å². The molecule has 0 spiro atoms. The van der Waals surface area contributed by atoms with Gasteiger partial charge in [0.1, 0.15) is 0 Å². The minimum absolute atomic E-state index is 0.231. The summed E-state index contributed by atoms with van der Waals surface area (Å²) in [7, 11) is 0. The van der Waals surface area contributed by atoms with Crippen LogP contribution in [0.3, 0.4) is 0 Å². The van der Waals surface area contributed by atoms with Crippen molar-refractivity contribution in [2.45, 2.75) is 18.4 Å². The third-order valence-electron chi connectivity index (χ3n) is 2.89. The summed E-state index contributed by atoms with van der Waals surface area (Å²) in [6.07, 6.45) is -2.11. The molecule has 2 rings (SSSR count). The summed E-state index contributed by atoms with van der Waals surface area (Å²) in [5.74, 6) is 0. The molecule has 2 N–H and O–H groups in total. The molecule has 2 nitrogen and oxygen atoms in total. The average molecular weight is 212 g/mol. The van der Waals surface area contributed by atoms with Crippen LogP contribution in [0.1, 0.15) is 6.42 Å². The van der Waals surface area contributed by atoms with E-state index in [1.807, 2.05) is 35.2 Å². The molecule has 1 atom stereocenters. The lowest BCUT2D eigenvalue weighted by Crippen LogP contribution is -2.49. The summed E-state index contributed by atoms with van der Waals surface area (Å²) in [6, 6.07) is 9.53. The number of rotatable bonds is 2. The normalized spacial score (nSPS) is 26.3. The largest absolute Gasteiger partial charge is 0.369 e. The molecule has 1 saturated heterocycles. The van der Waals surface area contributed by atoms with E-state index in [0.717, 1.165) is 5.69 Å². The van der Waals surface area contributed by atoms with E-state index in [1.165, 1.54) is 0 Å². The zero-order valence-electron chi connectivity index (χ0n) is 8.37. The summed E-state index contributed by atoms with van der Waals surface area (Å²) in [6.45, 7) is 0.833. The van der Waals surface area contributed by atoms with Gasteiger partial charge in [-0.15, -0.1) is 0 Å². The molecule has 0 radical (unpaired) electrons. The predicted molar refractivity (Wildman–Crippen MR) is 56.2 cm³/mol. The van der Waals surface area contributed by atoms with Crippen molar-refractivity contribution in [2.75, 3.05) is 18.0 Å². The number of nitrogens with zero attached hydrogens (tertiary/aromatic N) is 1. The van der Waals surface area contributed by atoms with E-state index in [-0.39, 0.29) is 6.54 Å². The summed E-state index contributed by atoms with van der Waals surface area (Å²) in [4.78, 5) is 1.91. The van der Waals surface area contributed by atoms with Gasteiger partial charge in [0.25, 0.3) is 6.43 Å². The van der Waals surface area contributed by atoms with Gasteiger partial charge in [0, 0.05) is 18.8 Å². The van der Waals surface area contributed by atoms with Crippen LogP contribution >= 0.6 is 0 Å². The molecule has 1 aliphatic heterocycles. The molecule has 15 heavy (non-hydrogen) atoms. The number of halogens is 2. The lowest BCUT2D eigenvalue weighted by atomic mass is 10.0. The maximum Gasteiger partial charge on any atom is 0.258 e. The van der Waals surface area contributed by atoms with Crippen LogP contribution in [0.25, 0.3) is 0 Å². The first-order valence-electron chi connectivity index (χ1n) is 4.99. The molecule has 0 aliphatic carbocycles. The lowest BCUT2D eigenvalue weighted by Gasteiger charge is -2.24. The number of para-hydroxylation sites is 1. The van der Waals surface area contributed by atoms with Gasteiger partial charge in [0.2, 0.25) is 0 Å². The van der Waals surface area contributed by atoms with Crippen molar-refractivity contribution in [2.24, 2.45) is 5.73 Å². The van der Waals surface area contributed by atoms with Crippen LogP contribution in [0.2, 0.25) is 0 Å². The lowest BCUT2D eigenvalue weighted by molar-refractivity contribution is 0.0655. The zero-order chi connectivity index (χ0) is 10.9. The van der Waals surface area contributed by atoms with Gasteiger partial charge in [-0.05, 0) is 18.6 Å². The van der Waals surface area contributed by atoms with Crippen molar-refractivity contribution < 1.29 is 8.78 Å².